The lowest BCUT2D eigenvalue weighted by atomic mass is 10.1. The van der Waals surface area contributed by atoms with Gasteiger partial charge in [-0.25, -0.2) is 0 Å². The van der Waals surface area contributed by atoms with E-state index in [1.807, 2.05) is 49.0 Å². The SMILES string of the molecule is Cc1c(N)cnn1Cc1ccc(C#N)cc1.Cc1nn(Cc2ccc(C#N)cc2)cc1N. The second-order valence-electron chi connectivity index (χ2n) is 7.33. The molecule has 160 valence electrons. The third-order valence-corrected chi connectivity index (χ3v) is 4.97. The van der Waals surface area contributed by atoms with Crippen LogP contribution in [0, 0.1) is 36.5 Å². The molecule has 0 saturated heterocycles. The van der Waals surface area contributed by atoms with Crippen molar-refractivity contribution < 1.29 is 0 Å². The van der Waals surface area contributed by atoms with E-state index in [2.05, 4.69) is 22.3 Å². The molecule has 0 aliphatic carbocycles. The Hall–Kier alpha value is -4.56. The van der Waals surface area contributed by atoms with Gasteiger partial charge in [-0.15, -0.1) is 0 Å². The molecule has 0 fully saturated rings. The fourth-order valence-corrected chi connectivity index (χ4v) is 2.96. The van der Waals surface area contributed by atoms with Crippen LogP contribution in [0.1, 0.15) is 33.6 Å². The quantitative estimate of drug-likeness (QED) is 0.515. The van der Waals surface area contributed by atoms with Gasteiger partial charge in [-0.05, 0) is 49.2 Å². The van der Waals surface area contributed by atoms with Crippen LogP contribution in [-0.4, -0.2) is 19.6 Å². The molecular weight excluding hydrogens is 400 g/mol. The Labute approximate surface area is 186 Å². The van der Waals surface area contributed by atoms with Crippen LogP contribution >= 0.6 is 0 Å². The molecule has 2 heterocycles. The molecule has 0 aliphatic rings. The van der Waals surface area contributed by atoms with Gasteiger partial charge in [0.1, 0.15) is 0 Å². The summed E-state index contributed by atoms with van der Waals surface area (Å²) in [6.07, 6.45) is 3.46. The first-order valence-electron chi connectivity index (χ1n) is 9.95. The Morgan fingerprint density at radius 1 is 0.812 bits per heavy atom. The molecule has 8 nitrogen and oxygen atoms in total. The lowest BCUT2D eigenvalue weighted by Crippen LogP contribution is -2.04. The van der Waals surface area contributed by atoms with Gasteiger partial charge in [0.05, 0.1) is 65.3 Å². The van der Waals surface area contributed by atoms with Crippen LogP contribution in [0.3, 0.4) is 0 Å². The Kier molecular flexibility index (Phi) is 6.89. The van der Waals surface area contributed by atoms with Gasteiger partial charge in [-0.1, -0.05) is 24.3 Å². The van der Waals surface area contributed by atoms with Gasteiger partial charge >= 0.3 is 0 Å². The number of aryl methyl sites for hydroxylation is 1. The number of nitrogens with two attached hydrogens (primary N) is 2. The minimum atomic E-state index is 0.667. The Bertz CT molecular complexity index is 1250. The molecule has 0 amide bonds. The number of aromatic nitrogens is 4. The maximum absolute atomic E-state index is 8.68. The molecule has 2 aromatic heterocycles. The zero-order chi connectivity index (χ0) is 23.1. The number of benzene rings is 2. The number of nitrogens with zero attached hydrogens (tertiary/aromatic N) is 6. The zero-order valence-corrected chi connectivity index (χ0v) is 18.0. The van der Waals surface area contributed by atoms with Crippen molar-refractivity contribution in [3.05, 3.63) is 94.6 Å². The number of rotatable bonds is 4. The molecule has 0 aliphatic heterocycles. The van der Waals surface area contributed by atoms with E-state index in [0.717, 1.165) is 22.5 Å². The molecule has 0 unspecified atom stereocenters. The summed E-state index contributed by atoms with van der Waals surface area (Å²) in [6, 6.07) is 19.1. The van der Waals surface area contributed by atoms with E-state index in [4.69, 9.17) is 22.0 Å². The van der Waals surface area contributed by atoms with Gasteiger partial charge in [-0.2, -0.15) is 20.7 Å². The first-order valence-corrected chi connectivity index (χ1v) is 9.95. The van der Waals surface area contributed by atoms with Crippen molar-refractivity contribution in [2.45, 2.75) is 26.9 Å². The van der Waals surface area contributed by atoms with E-state index in [1.165, 1.54) is 0 Å². The summed E-state index contributed by atoms with van der Waals surface area (Å²) in [5.74, 6) is 0. The monoisotopic (exact) mass is 424 g/mol. The molecule has 0 radical (unpaired) electrons. The van der Waals surface area contributed by atoms with Crippen molar-refractivity contribution in [2.75, 3.05) is 11.5 Å². The van der Waals surface area contributed by atoms with E-state index in [9.17, 15) is 0 Å². The summed E-state index contributed by atoms with van der Waals surface area (Å²) >= 11 is 0. The van der Waals surface area contributed by atoms with Crippen molar-refractivity contribution in [3.8, 4) is 12.1 Å². The van der Waals surface area contributed by atoms with Crippen LogP contribution in [0.15, 0.2) is 60.9 Å². The highest BCUT2D eigenvalue weighted by atomic mass is 15.3. The molecule has 4 rings (SSSR count). The summed E-state index contributed by atoms with van der Waals surface area (Å²) in [6.45, 7) is 5.16. The Morgan fingerprint density at radius 3 is 1.75 bits per heavy atom. The first-order chi connectivity index (χ1) is 15.4. The van der Waals surface area contributed by atoms with E-state index in [0.29, 0.717) is 35.6 Å². The van der Waals surface area contributed by atoms with Crippen molar-refractivity contribution >= 4 is 11.4 Å². The van der Waals surface area contributed by atoms with Gasteiger partial charge in [0.2, 0.25) is 0 Å². The molecule has 0 bridgehead atoms. The molecule has 32 heavy (non-hydrogen) atoms. The number of hydrogen-bond acceptors (Lipinski definition) is 6. The average Bonchev–Trinajstić information content (AvgIpc) is 3.30. The lowest BCUT2D eigenvalue weighted by Gasteiger charge is -2.04. The maximum atomic E-state index is 8.68. The third kappa shape index (κ3) is 5.53. The maximum Gasteiger partial charge on any atom is 0.0991 e. The Morgan fingerprint density at radius 2 is 1.34 bits per heavy atom. The van der Waals surface area contributed by atoms with Gasteiger partial charge in [-0.3, -0.25) is 9.36 Å². The van der Waals surface area contributed by atoms with Crippen molar-refractivity contribution in [1.29, 1.82) is 10.5 Å². The summed E-state index contributed by atoms with van der Waals surface area (Å²) in [5.41, 5.74) is 18.2. The summed E-state index contributed by atoms with van der Waals surface area (Å²) in [4.78, 5) is 0. The van der Waals surface area contributed by atoms with E-state index >= 15 is 0 Å². The molecule has 2 aromatic carbocycles. The second-order valence-corrected chi connectivity index (χ2v) is 7.33. The third-order valence-electron chi connectivity index (χ3n) is 4.97. The van der Waals surface area contributed by atoms with Crippen LogP contribution in [0.4, 0.5) is 11.4 Å². The standard InChI is InChI=1S/2C12H12N4/c1-9-12(14)7-15-16(9)8-11-4-2-10(6-13)3-5-11;1-9-12(14)8-16(15-9)7-11-4-2-10(6-13)3-5-11/h2-5,7H,8,14H2,1H3;2-5,8H,7,14H2,1H3. The van der Waals surface area contributed by atoms with E-state index in [-0.39, 0.29) is 0 Å². The van der Waals surface area contributed by atoms with Crippen molar-refractivity contribution in [3.63, 3.8) is 0 Å². The largest absolute Gasteiger partial charge is 0.396 e. The normalized spacial score (nSPS) is 10.0. The number of anilines is 2. The van der Waals surface area contributed by atoms with Gasteiger partial charge in [0, 0.05) is 6.20 Å². The topological polar surface area (TPSA) is 135 Å². The summed E-state index contributed by atoms with van der Waals surface area (Å²) < 4.78 is 3.64. The average molecular weight is 425 g/mol. The number of nitrogen functional groups attached to an aromatic ring is 2. The molecule has 4 N–H and O–H groups in total. The molecule has 0 atom stereocenters. The van der Waals surface area contributed by atoms with Crippen LogP contribution in [-0.2, 0) is 13.1 Å². The van der Waals surface area contributed by atoms with Gasteiger partial charge in [0.15, 0.2) is 0 Å². The van der Waals surface area contributed by atoms with Gasteiger partial charge in [0.25, 0.3) is 0 Å². The van der Waals surface area contributed by atoms with E-state index < -0.39 is 0 Å². The molecule has 4 aromatic rings. The smallest absolute Gasteiger partial charge is 0.0991 e. The molecule has 0 saturated carbocycles. The lowest BCUT2D eigenvalue weighted by molar-refractivity contribution is 0.665. The van der Waals surface area contributed by atoms with Crippen molar-refractivity contribution in [1.82, 2.24) is 19.6 Å². The number of hydrogen-bond donors (Lipinski definition) is 2. The second kappa shape index (κ2) is 9.96. The summed E-state index contributed by atoms with van der Waals surface area (Å²) in [5, 5.41) is 25.8. The molecule has 0 spiro atoms. The highest BCUT2D eigenvalue weighted by molar-refractivity contribution is 5.41. The highest BCUT2D eigenvalue weighted by Crippen LogP contribution is 2.12. The van der Waals surface area contributed by atoms with Crippen LogP contribution in [0.5, 0.6) is 0 Å². The summed E-state index contributed by atoms with van der Waals surface area (Å²) in [7, 11) is 0. The minimum absolute atomic E-state index is 0.667. The fourth-order valence-electron chi connectivity index (χ4n) is 2.96. The fraction of sp³-hybridized carbons (Fsp3) is 0.167. The molecular formula is C24H24N8. The van der Waals surface area contributed by atoms with Crippen molar-refractivity contribution in [2.24, 2.45) is 0 Å². The predicted octanol–water partition coefficient (Wildman–Crippen LogP) is 3.39. The highest BCUT2D eigenvalue weighted by Gasteiger charge is 2.04. The minimum Gasteiger partial charge on any atom is -0.396 e. The van der Waals surface area contributed by atoms with Gasteiger partial charge < -0.3 is 11.5 Å². The van der Waals surface area contributed by atoms with Crippen LogP contribution in [0.2, 0.25) is 0 Å². The van der Waals surface area contributed by atoms with Crippen LogP contribution < -0.4 is 11.5 Å². The van der Waals surface area contributed by atoms with Crippen LogP contribution in [0.25, 0.3) is 0 Å². The molecule has 8 heteroatoms. The zero-order valence-electron chi connectivity index (χ0n) is 18.0. The first kappa shape index (κ1) is 22.1. The van der Waals surface area contributed by atoms with E-state index in [1.54, 1.807) is 35.1 Å². The number of nitriles is 2. The predicted molar refractivity (Wildman–Crippen MR) is 123 cm³/mol. The Balaban J connectivity index is 0.000000181.